The molecule has 0 saturated carbocycles. The Hall–Kier alpha value is -2.41. The average molecular weight is 334 g/mol. The van der Waals surface area contributed by atoms with Crippen molar-refractivity contribution in [2.75, 3.05) is 19.0 Å². The maximum atomic E-state index is 12.3. The first-order valence-electron chi connectivity index (χ1n) is 7.06. The molecule has 0 spiro atoms. The Morgan fingerprint density at radius 2 is 2.04 bits per heavy atom. The minimum atomic E-state index is -0.431. The molecule has 0 saturated heterocycles. The first-order valence-corrected chi connectivity index (χ1v) is 7.88. The fourth-order valence-electron chi connectivity index (χ4n) is 1.97. The van der Waals surface area contributed by atoms with Crippen molar-refractivity contribution < 1.29 is 19.1 Å². The first-order chi connectivity index (χ1) is 11.0. The second-order valence-corrected chi connectivity index (χ2v) is 5.79. The van der Waals surface area contributed by atoms with Crippen molar-refractivity contribution in [2.24, 2.45) is 0 Å². The molecule has 122 valence electrons. The Kier molecular flexibility index (Phi) is 5.33. The van der Waals surface area contributed by atoms with Crippen LogP contribution in [-0.4, -0.2) is 30.6 Å². The molecule has 0 radical (unpaired) electrons. The minimum absolute atomic E-state index is 0.293. The molecule has 1 heterocycles. The lowest BCUT2D eigenvalue weighted by Gasteiger charge is -2.07. The number of carbonyl (C=O) groups is 2. The number of aromatic nitrogens is 1. The number of benzene rings is 1. The topological polar surface area (TPSA) is 77.5 Å². The number of amides is 1. The van der Waals surface area contributed by atoms with Crippen LogP contribution in [0.5, 0.6) is 5.75 Å². The van der Waals surface area contributed by atoms with Crippen LogP contribution in [0.15, 0.2) is 18.2 Å². The third-order valence-electron chi connectivity index (χ3n) is 3.15. The predicted octanol–water partition coefficient (Wildman–Crippen LogP) is 3.20. The molecule has 1 amide bonds. The molecular weight excluding hydrogens is 316 g/mol. The average Bonchev–Trinajstić information content (AvgIpc) is 2.88. The maximum absolute atomic E-state index is 12.3. The van der Waals surface area contributed by atoms with Gasteiger partial charge in [-0.1, -0.05) is 17.4 Å². The number of aryl methyl sites for hydroxylation is 2. The predicted molar refractivity (Wildman–Crippen MR) is 88.5 cm³/mol. The Balaban J connectivity index is 2.17. The van der Waals surface area contributed by atoms with Gasteiger partial charge in [-0.15, -0.1) is 0 Å². The summed E-state index contributed by atoms with van der Waals surface area (Å²) in [6.07, 6.45) is 0. The fourth-order valence-corrected chi connectivity index (χ4v) is 2.82. The zero-order valence-corrected chi connectivity index (χ0v) is 14.2. The van der Waals surface area contributed by atoms with E-state index in [4.69, 9.17) is 9.47 Å². The summed E-state index contributed by atoms with van der Waals surface area (Å²) in [7, 11) is 1.56. The Labute approximate surface area is 138 Å². The molecule has 23 heavy (non-hydrogen) atoms. The number of thiazole rings is 1. The molecule has 0 fully saturated rings. The molecular formula is C16H18N2O4S. The second kappa shape index (κ2) is 7.23. The van der Waals surface area contributed by atoms with Crippen LogP contribution in [-0.2, 0) is 4.74 Å². The number of ether oxygens (including phenoxy) is 2. The van der Waals surface area contributed by atoms with Gasteiger partial charge in [0.15, 0.2) is 5.13 Å². The number of nitrogens with zero attached hydrogens (tertiary/aromatic N) is 1. The number of rotatable bonds is 5. The van der Waals surface area contributed by atoms with E-state index in [-0.39, 0.29) is 5.91 Å². The largest absolute Gasteiger partial charge is 0.496 e. The van der Waals surface area contributed by atoms with Crippen molar-refractivity contribution in [3.63, 3.8) is 0 Å². The van der Waals surface area contributed by atoms with Gasteiger partial charge in [-0.2, -0.15) is 0 Å². The first kappa shape index (κ1) is 17.0. The number of esters is 1. The molecule has 2 rings (SSSR count). The SMILES string of the molecule is CCOC(=O)c1sc(NC(=O)c2ccc(C)c(OC)c2)nc1C. The second-order valence-electron chi connectivity index (χ2n) is 4.79. The molecule has 1 aromatic heterocycles. The highest BCUT2D eigenvalue weighted by atomic mass is 32.1. The highest BCUT2D eigenvalue weighted by molar-refractivity contribution is 7.17. The van der Waals surface area contributed by atoms with Crippen LogP contribution in [0.3, 0.4) is 0 Å². The van der Waals surface area contributed by atoms with Gasteiger partial charge in [-0.3, -0.25) is 10.1 Å². The summed E-state index contributed by atoms with van der Waals surface area (Å²) in [6, 6.07) is 5.18. The molecule has 0 bridgehead atoms. The molecule has 1 aromatic carbocycles. The molecule has 1 N–H and O–H groups in total. The van der Waals surface area contributed by atoms with Gasteiger partial charge in [0.1, 0.15) is 10.6 Å². The highest BCUT2D eigenvalue weighted by Gasteiger charge is 2.18. The molecule has 0 aliphatic heterocycles. The van der Waals surface area contributed by atoms with Crippen LogP contribution >= 0.6 is 11.3 Å². The van der Waals surface area contributed by atoms with Gasteiger partial charge in [-0.05, 0) is 38.5 Å². The van der Waals surface area contributed by atoms with Crippen molar-refractivity contribution in [3.05, 3.63) is 39.9 Å². The molecule has 7 heteroatoms. The third kappa shape index (κ3) is 3.87. The zero-order valence-electron chi connectivity index (χ0n) is 13.4. The van der Waals surface area contributed by atoms with Crippen LogP contribution in [0.25, 0.3) is 0 Å². The fraction of sp³-hybridized carbons (Fsp3) is 0.312. The van der Waals surface area contributed by atoms with Gasteiger partial charge in [0.25, 0.3) is 5.91 Å². The molecule has 6 nitrogen and oxygen atoms in total. The number of hydrogen-bond acceptors (Lipinski definition) is 6. The normalized spacial score (nSPS) is 10.3. The quantitative estimate of drug-likeness (QED) is 0.850. The van der Waals surface area contributed by atoms with E-state index in [0.29, 0.717) is 33.6 Å². The van der Waals surface area contributed by atoms with Gasteiger partial charge < -0.3 is 9.47 Å². The summed E-state index contributed by atoms with van der Waals surface area (Å²) in [4.78, 5) is 28.7. The van der Waals surface area contributed by atoms with Crippen LogP contribution in [0.4, 0.5) is 5.13 Å². The van der Waals surface area contributed by atoms with Gasteiger partial charge >= 0.3 is 5.97 Å². The van der Waals surface area contributed by atoms with Crippen molar-refractivity contribution in [1.82, 2.24) is 4.98 Å². The van der Waals surface area contributed by atoms with Crippen LogP contribution in [0.1, 0.15) is 38.2 Å². The smallest absolute Gasteiger partial charge is 0.350 e. The summed E-state index contributed by atoms with van der Waals surface area (Å²) in [5, 5.41) is 3.05. The van der Waals surface area contributed by atoms with E-state index in [2.05, 4.69) is 10.3 Å². The van der Waals surface area contributed by atoms with E-state index < -0.39 is 5.97 Å². The molecule has 2 aromatic rings. The lowest BCUT2D eigenvalue weighted by Crippen LogP contribution is -2.12. The molecule has 0 unspecified atom stereocenters. The Morgan fingerprint density at radius 3 is 2.70 bits per heavy atom. The number of nitrogens with one attached hydrogen (secondary N) is 1. The molecule has 0 aliphatic rings. The lowest BCUT2D eigenvalue weighted by molar-refractivity contribution is 0.0531. The van der Waals surface area contributed by atoms with Gasteiger partial charge in [0.2, 0.25) is 0 Å². The van der Waals surface area contributed by atoms with E-state index in [1.807, 2.05) is 13.0 Å². The van der Waals surface area contributed by atoms with Crippen LogP contribution < -0.4 is 10.1 Å². The summed E-state index contributed by atoms with van der Waals surface area (Å²) in [5.41, 5.74) is 1.93. The standard InChI is InChI=1S/C16H18N2O4S/c1-5-22-15(20)13-10(3)17-16(23-13)18-14(19)11-7-6-9(2)12(8-11)21-4/h6-8H,5H2,1-4H3,(H,17,18,19). The summed E-state index contributed by atoms with van der Waals surface area (Å²) >= 11 is 1.09. The number of anilines is 1. The Morgan fingerprint density at radius 1 is 1.30 bits per heavy atom. The molecule has 0 atom stereocenters. The van der Waals surface area contributed by atoms with Crippen LogP contribution in [0.2, 0.25) is 0 Å². The van der Waals surface area contributed by atoms with Crippen LogP contribution in [0, 0.1) is 13.8 Å². The number of methoxy groups -OCH3 is 1. The highest BCUT2D eigenvalue weighted by Crippen LogP contribution is 2.25. The van der Waals surface area contributed by atoms with Gasteiger partial charge in [0.05, 0.1) is 19.4 Å². The summed E-state index contributed by atoms with van der Waals surface area (Å²) < 4.78 is 10.2. The van der Waals surface area contributed by atoms with Crippen molar-refractivity contribution in [1.29, 1.82) is 0 Å². The summed E-state index contributed by atoms with van der Waals surface area (Å²) in [5.74, 6) is -0.104. The van der Waals surface area contributed by atoms with Gasteiger partial charge in [-0.25, -0.2) is 9.78 Å². The van der Waals surface area contributed by atoms with E-state index in [0.717, 1.165) is 16.9 Å². The third-order valence-corrected chi connectivity index (χ3v) is 4.20. The van der Waals surface area contributed by atoms with E-state index in [1.165, 1.54) is 0 Å². The van der Waals surface area contributed by atoms with Crippen molar-refractivity contribution >= 4 is 28.3 Å². The monoisotopic (exact) mass is 334 g/mol. The maximum Gasteiger partial charge on any atom is 0.350 e. The lowest BCUT2D eigenvalue weighted by atomic mass is 10.1. The minimum Gasteiger partial charge on any atom is -0.496 e. The molecule has 0 aliphatic carbocycles. The summed E-state index contributed by atoms with van der Waals surface area (Å²) in [6.45, 7) is 5.63. The zero-order chi connectivity index (χ0) is 17.0. The van der Waals surface area contributed by atoms with E-state index >= 15 is 0 Å². The number of carbonyl (C=O) groups excluding carboxylic acids is 2. The van der Waals surface area contributed by atoms with Crippen molar-refractivity contribution in [2.45, 2.75) is 20.8 Å². The van der Waals surface area contributed by atoms with E-state index in [9.17, 15) is 9.59 Å². The number of hydrogen-bond donors (Lipinski definition) is 1. The van der Waals surface area contributed by atoms with Crippen molar-refractivity contribution in [3.8, 4) is 5.75 Å². The Bertz CT molecular complexity index is 740. The van der Waals surface area contributed by atoms with E-state index in [1.54, 1.807) is 33.1 Å². The van der Waals surface area contributed by atoms with Gasteiger partial charge in [0, 0.05) is 5.56 Å².